The molecule has 0 aromatic heterocycles. The molecule has 1 amide bonds. The molecule has 0 bridgehead atoms. The molecule has 5 heteroatoms. The summed E-state index contributed by atoms with van der Waals surface area (Å²) in [7, 11) is 1.72. The van der Waals surface area contributed by atoms with E-state index in [1.807, 2.05) is 13.0 Å². The summed E-state index contributed by atoms with van der Waals surface area (Å²) in [5.41, 5.74) is 0. The molecule has 1 heterocycles. The van der Waals surface area contributed by atoms with Gasteiger partial charge in [-0.3, -0.25) is 9.69 Å². The number of nitrogens with zero attached hydrogens (tertiary/aromatic N) is 3. The second kappa shape index (κ2) is 6.58. The Morgan fingerprint density at radius 3 is 2.94 bits per heavy atom. The number of amides is 1. The second-order valence-electron chi connectivity index (χ2n) is 4.79. The average Bonchev–Trinajstić information content (AvgIpc) is 2.30. The van der Waals surface area contributed by atoms with E-state index in [1.165, 1.54) is 0 Å². The highest BCUT2D eigenvalue weighted by atomic mass is 16.3. The summed E-state index contributed by atoms with van der Waals surface area (Å²) in [6, 6.07) is 2.03. The third kappa shape index (κ3) is 4.33. The molecule has 17 heavy (non-hydrogen) atoms. The molecular formula is C12H21N3O2. The molecule has 1 N–H and O–H groups in total. The van der Waals surface area contributed by atoms with Gasteiger partial charge in [-0.1, -0.05) is 6.92 Å². The van der Waals surface area contributed by atoms with Crippen molar-refractivity contribution in [3.05, 3.63) is 0 Å². The van der Waals surface area contributed by atoms with E-state index in [0.29, 0.717) is 19.5 Å². The molecule has 2 atom stereocenters. The predicted molar refractivity (Wildman–Crippen MR) is 64.1 cm³/mol. The maximum atomic E-state index is 11.8. The Hall–Kier alpha value is -1.12. The normalized spacial score (nSPS) is 25.3. The highest BCUT2D eigenvalue weighted by Crippen LogP contribution is 2.16. The van der Waals surface area contributed by atoms with E-state index in [0.717, 1.165) is 19.5 Å². The van der Waals surface area contributed by atoms with E-state index >= 15 is 0 Å². The van der Waals surface area contributed by atoms with Crippen molar-refractivity contribution in [2.75, 3.05) is 33.2 Å². The number of carbonyl (C=O) groups excluding carboxylic acids is 1. The van der Waals surface area contributed by atoms with Crippen LogP contribution in [0, 0.1) is 17.2 Å². The minimum Gasteiger partial charge on any atom is -0.393 e. The van der Waals surface area contributed by atoms with Crippen LogP contribution in [0.3, 0.4) is 0 Å². The molecule has 1 fully saturated rings. The minimum atomic E-state index is -0.238. The monoisotopic (exact) mass is 239 g/mol. The van der Waals surface area contributed by atoms with Gasteiger partial charge in [0.1, 0.15) is 0 Å². The van der Waals surface area contributed by atoms with E-state index in [1.54, 1.807) is 11.9 Å². The maximum absolute atomic E-state index is 11.8. The van der Waals surface area contributed by atoms with Gasteiger partial charge in [0.15, 0.2) is 0 Å². The molecule has 96 valence electrons. The van der Waals surface area contributed by atoms with Crippen molar-refractivity contribution in [1.82, 2.24) is 9.80 Å². The van der Waals surface area contributed by atoms with Gasteiger partial charge in [0, 0.05) is 26.7 Å². The molecule has 1 saturated heterocycles. The van der Waals surface area contributed by atoms with Gasteiger partial charge in [-0.15, -0.1) is 0 Å². The van der Waals surface area contributed by atoms with Crippen LogP contribution in [0.5, 0.6) is 0 Å². The number of rotatable bonds is 4. The minimum absolute atomic E-state index is 0.0452. The third-order valence-corrected chi connectivity index (χ3v) is 3.29. The summed E-state index contributed by atoms with van der Waals surface area (Å²) in [4.78, 5) is 15.5. The van der Waals surface area contributed by atoms with Crippen molar-refractivity contribution >= 4 is 5.91 Å². The van der Waals surface area contributed by atoms with Gasteiger partial charge in [-0.05, 0) is 12.3 Å². The van der Waals surface area contributed by atoms with Crippen molar-refractivity contribution in [2.24, 2.45) is 5.92 Å². The van der Waals surface area contributed by atoms with Crippen LogP contribution in [-0.4, -0.2) is 60.1 Å². The van der Waals surface area contributed by atoms with Crippen LogP contribution >= 0.6 is 0 Å². The summed E-state index contributed by atoms with van der Waals surface area (Å²) < 4.78 is 0. The fourth-order valence-corrected chi connectivity index (χ4v) is 2.02. The smallest absolute Gasteiger partial charge is 0.236 e. The van der Waals surface area contributed by atoms with Gasteiger partial charge in [-0.25, -0.2) is 0 Å². The Bertz CT molecular complexity index is 301. The molecule has 1 aliphatic rings. The molecule has 0 aliphatic carbocycles. The first-order chi connectivity index (χ1) is 8.04. The maximum Gasteiger partial charge on any atom is 0.236 e. The van der Waals surface area contributed by atoms with Gasteiger partial charge in [0.25, 0.3) is 0 Å². The third-order valence-electron chi connectivity index (χ3n) is 3.29. The zero-order chi connectivity index (χ0) is 12.8. The lowest BCUT2D eigenvalue weighted by atomic mass is 9.97. The number of likely N-dealkylation sites (N-methyl/N-ethyl adjacent to an activating group) is 1. The summed E-state index contributed by atoms with van der Waals surface area (Å²) >= 11 is 0. The quantitative estimate of drug-likeness (QED) is 0.753. The average molecular weight is 239 g/mol. The summed E-state index contributed by atoms with van der Waals surface area (Å²) in [5.74, 6) is 0.268. The molecule has 0 radical (unpaired) electrons. The van der Waals surface area contributed by atoms with Crippen LogP contribution in [0.15, 0.2) is 0 Å². The summed E-state index contributed by atoms with van der Waals surface area (Å²) in [6.45, 7) is 4.41. The van der Waals surface area contributed by atoms with E-state index in [4.69, 9.17) is 5.26 Å². The number of nitriles is 1. The van der Waals surface area contributed by atoms with Gasteiger partial charge < -0.3 is 10.0 Å². The standard InChI is InChI=1S/C12H21N3O2/c1-10-8-15(7-4-11(10)16)9-12(17)14(2)6-3-5-13/h10-11,16H,3-4,6-9H2,1-2H3. The number of hydrogen-bond donors (Lipinski definition) is 1. The zero-order valence-electron chi connectivity index (χ0n) is 10.6. The van der Waals surface area contributed by atoms with Crippen molar-refractivity contribution in [2.45, 2.75) is 25.9 Å². The molecule has 1 rings (SSSR count). The van der Waals surface area contributed by atoms with Gasteiger partial charge >= 0.3 is 0 Å². The van der Waals surface area contributed by atoms with Crippen molar-refractivity contribution < 1.29 is 9.90 Å². The Kier molecular flexibility index (Phi) is 5.39. The lowest BCUT2D eigenvalue weighted by molar-refractivity contribution is -0.132. The van der Waals surface area contributed by atoms with Crippen molar-refractivity contribution in [3.8, 4) is 6.07 Å². The topological polar surface area (TPSA) is 67.6 Å². The Balaban J connectivity index is 2.34. The zero-order valence-corrected chi connectivity index (χ0v) is 10.6. The number of hydrogen-bond acceptors (Lipinski definition) is 4. The molecule has 0 spiro atoms. The number of likely N-dealkylation sites (tertiary alicyclic amines) is 1. The lowest BCUT2D eigenvalue weighted by Gasteiger charge is -2.34. The lowest BCUT2D eigenvalue weighted by Crippen LogP contribution is -2.46. The molecule has 2 unspecified atom stereocenters. The first-order valence-electron chi connectivity index (χ1n) is 6.06. The second-order valence-corrected chi connectivity index (χ2v) is 4.79. The fourth-order valence-electron chi connectivity index (χ4n) is 2.02. The summed E-state index contributed by atoms with van der Waals surface area (Å²) in [5, 5.41) is 18.1. The highest BCUT2D eigenvalue weighted by Gasteiger charge is 2.25. The van der Waals surface area contributed by atoms with Crippen LogP contribution in [0.2, 0.25) is 0 Å². The molecule has 0 aromatic carbocycles. The number of aliphatic hydroxyl groups excluding tert-OH is 1. The van der Waals surface area contributed by atoms with Crippen LogP contribution in [0.4, 0.5) is 0 Å². The number of aliphatic hydroxyl groups is 1. The molecule has 5 nitrogen and oxygen atoms in total. The van der Waals surface area contributed by atoms with Crippen LogP contribution in [0.25, 0.3) is 0 Å². The Morgan fingerprint density at radius 1 is 1.65 bits per heavy atom. The summed E-state index contributed by atoms with van der Waals surface area (Å²) in [6.07, 6.45) is 0.867. The molecule has 1 aliphatic heterocycles. The van der Waals surface area contributed by atoms with Crippen LogP contribution < -0.4 is 0 Å². The highest BCUT2D eigenvalue weighted by molar-refractivity contribution is 5.78. The predicted octanol–water partition coefficient (Wildman–Crippen LogP) is 0.0612. The Labute approximate surface area is 103 Å². The first kappa shape index (κ1) is 13.9. The van der Waals surface area contributed by atoms with Gasteiger partial charge in [-0.2, -0.15) is 5.26 Å². The largest absolute Gasteiger partial charge is 0.393 e. The van der Waals surface area contributed by atoms with E-state index in [9.17, 15) is 9.90 Å². The molecular weight excluding hydrogens is 218 g/mol. The number of carbonyl (C=O) groups is 1. The fraction of sp³-hybridized carbons (Fsp3) is 0.833. The van der Waals surface area contributed by atoms with Gasteiger partial charge in [0.05, 0.1) is 25.1 Å². The molecule has 0 saturated carbocycles. The van der Waals surface area contributed by atoms with E-state index in [2.05, 4.69) is 4.90 Å². The van der Waals surface area contributed by atoms with E-state index < -0.39 is 0 Å². The van der Waals surface area contributed by atoms with Crippen molar-refractivity contribution in [3.63, 3.8) is 0 Å². The number of piperidine rings is 1. The Morgan fingerprint density at radius 2 is 2.35 bits per heavy atom. The molecule has 0 aromatic rings. The van der Waals surface area contributed by atoms with Crippen molar-refractivity contribution in [1.29, 1.82) is 5.26 Å². The van der Waals surface area contributed by atoms with Gasteiger partial charge in [0.2, 0.25) is 5.91 Å². The van der Waals surface area contributed by atoms with Crippen LogP contribution in [-0.2, 0) is 4.79 Å². The van der Waals surface area contributed by atoms with Crippen LogP contribution in [0.1, 0.15) is 19.8 Å². The first-order valence-corrected chi connectivity index (χ1v) is 6.06. The van der Waals surface area contributed by atoms with E-state index in [-0.39, 0.29) is 17.9 Å². The SMILES string of the molecule is CC1CN(CC(=O)N(C)CCC#N)CCC1O.